The van der Waals surface area contributed by atoms with Crippen molar-refractivity contribution in [3.05, 3.63) is 11.6 Å². The second kappa shape index (κ2) is 22.8. The number of ether oxygens (including phenoxy) is 9. The van der Waals surface area contributed by atoms with Gasteiger partial charge < -0.3 is 145 Å². The van der Waals surface area contributed by atoms with Crippen LogP contribution in [0.1, 0.15) is 6.92 Å². The fourth-order valence-corrected chi connectivity index (χ4v) is 8.78. The zero-order valence-electron chi connectivity index (χ0n) is 35.0. The molecule has 0 radical (unpaired) electrons. The molecule has 0 aromatic carbocycles. The van der Waals surface area contributed by atoms with Gasteiger partial charge in [-0.05, 0) is 12.5 Å². The molecule has 29 nitrogen and oxygen atoms in total. The van der Waals surface area contributed by atoms with Crippen molar-refractivity contribution in [3.8, 4) is 0 Å². The molecule has 0 unspecified atom stereocenters. The lowest BCUT2D eigenvalue weighted by molar-refractivity contribution is -0.385. The summed E-state index contributed by atoms with van der Waals surface area (Å²) >= 11 is 0. The second-order valence-corrected chi connectivity index (χ2v) is 17.0. The van der Waals surface area contributed by atoms with Gasteiger partial charge >= 0.3 is 0 Å². The molecular formula is C37H63NO28. The number of aliphatic hydroxyl groups excluding tert-OH is 19. The van der Waals surface area contributed by atoms with Crippen molar-refractivity contribution in [1.82, 2.24) is 5.32 Å². The first-order valence-electron chi connectivity index (χ1n) is 21.2. The Labute approximate surface area is 374 Å². The van der Waals surface area contributed by atoms with Gasteiger partial charge in [0.15, 0.2) is 31.5 Å². The van der Waals surface area contributed by atoms with Gasteiger partial charge in [-0.1, -0.05) is 6.08 Å². The van der Waals surface area contributed by atoms with Crippen molar-refractivity contribution in [3.63, 3.8) is 0 Å². The topological polar surface area (TPSA) is 479 Å². The Morgan fingerprint density at radius 2 is 0.833 bits per heavy atom. The van der Waals surface area contributed by atoms with E-state index in [9.17, 15) is 97.0 Å². The SMILES string of the molecule is C[C@H]1O[C@H](O[C@H]2[C@H](O)[C@@H](O)[C@@H](O[C@H]3[C@H](O)[C@@H](O)[C@@H](O[C@H]4[C@H](O)[C@@H](O)[C@H](O)O[C@@H]4CO)O[C@@H]3CO)O[C@@H]2CO)[C@H](O)[C@@H](O)[C@@H]1N[C@H]1C=C(CO)[C@@H](O[C@H]2O[C@H](CO)[C@@H](O)[C@H](O)[C@H]2O)[C@H](O)[C@H]1O. The summed E-state index contributed by atoms with van der Waals surface area (Å²) in [5, 5.41) is 202. The summed E-state index contributed by atoms with van der Waals surface area (Å²) in [4.78, 5) is 0. The Morgan fingerprint density at radius 1 is 0.424 bits per heavy atom. The highest BCUT2D eigenvalue weighted by molar-refractivity contribution is 5.23. The standard InChI is InChI=1S/C37H63NO28/c1-8-15(38-10-2-9(3-39)29(20(48)16(10)44)63-35-26(54)19(47)17(45)11(4-40)60-35)18(46)25(53)34(58-8)64-31-13(6-42)61-37(27(55)22(31)50)66-32-14(7-43)62-36(28(56)23(32)51)65-30-12(5-41)59-33(57)24(52)21(30)49/h2,8,10-57H,3-7H2,1H3/t8-,10+,11-,12-,13-,14-,15-,16+,17-,18+,19+,20-,21-,22-,23-,24-,25-,26-,27-,28-,29-,30-,31-,32-,33-,34-,35-,36-,37-/m1/s1. The van der Waals surface area contributed by atoms with Crippen molar-refractivity contribution >= 4 is 0 Å². The molecule has 5 saturated heterocycles. The van der Waals surface area contributed by atoms with E-state index in [0.29, 0.717) is 0 Å². The molecule has 0 amide bonds. The third kappa shape index (κ3) is 10.7. The minimum atomic E-state index is -2.10. The third-order valence-corrected chi connectivity index (χ3v) is 12.7. The average molecular weight is 970 g/mol. The lowest BCUT2D eigenvalue weighted by Gasteiger charge is -2.49. The largest absolute Gasteiger partial charge is 0.394 e. The summed E-state index contributed by atoms with van der Waals surface area (Å²) in [5.74, 6) is 0. The third-order valence-electron chi connectivity index (χ3n) is 12.7. The molecule has 0 saturated carbocycles. The van der Waals surface area contributed by atoms with Gasteiger partial charge in [-0.25, -0.2) is 0 Å². The van der Waals surface area contributed by atoms with Crippen LogP contribution in [0.25, 0.3) is 0 Å². The molecule has 0 spiro atoms. The molecular weight excluding hydrogens is 906 g/mol. The molecule has 29 heteroatoms. The van der Waals surface area contributed by atoms with Gasteiger partial charge in [0.05, 0.1) is 51.2 Å². The highest BCUT2D eigenvalue weighted by Gasteiger charge is 2.56. The lowest BCUT2D eigenvalue weighted by Crippen LogP contribution is -2.69. The van der Waals surface area contributed by atoms with Gasteiger partial charge in [0, 0.05) is 0 Å². The number of aliphatic hydroxyl groups is 19. The second-order valence-electron chi connectivity index (χ2n) is 17.0. The van der Waals surface area contributed by atoms with Gasteiger partial charge in [-0.3, -0.25) is 0 Å². The van der Waals surface area contributed by atoms with E-state index >= 15 is 0 Å². The normalized spacial score (nSPS) is 52.8. The average Bonchev–Trinajstić information content (AvgIpc) is 3.30. The zero-order valence-corrected chi connectivity index (χ0v) is 35.0. The van der Waals surface area contributed by atoms with Crippen LogP contribution in [0.4, 0.5) is 0 Å². The van der Waals surface area contributed by atoms with Gasteiger partial charge in [0.25, 0.3) is 0 Å². The van der Waals surface area contributed by atoms with Crippen molar-refractivity contribution in [2.45, 2.75) is 185 Å². The molecule has 5 heterocycles. The van der Waals surface area contributed by atoms with E-state index in [1.807, 2.05) is 0 Å². The Hall–Kier alpha value is -1.42. The fraction of sp³-hybridized carbons (Fsp3) is 0.946. The number of rotatable bonds is 15. The van der Waals surface area contributed by atoms with E-state index in [4.69, 9.17) is 42.6 Å². The molecule has 6 rings (SSSR count). The minimum Gasteiger partial charge on any atom is -0.394 e. The maximum atomic E-state index is 11.3. The van der Waals surface area contributed by atoms with E-state index in [-0.39, 0.29) is 5.57 Å². The lowest BCUT2D eigenvalue weighted by atomic mass is 9.86. The number of nitrogens with one attached hydrogen (secondary N) is 1. The van der Waals surface area contributed by atoms with Gasteiger partial charge in [0.2, 0.25) is 0 Å². The molecule has 1 aliphatic carbocycles. The Balaban J connectivity index is 1.07. The molecule has 0 aromatic rings. The zero-order chi connectivity index (χ0) is 48.6. The van der Waals surface area contributed by atoms with Crippen LogP contribution in [0, 0.1) is 0 Å². The van der Waals surface area contributed by atoms with Crippen LogP contribution in [-0.2, 0) is 42.6 Å². The van der Waals surface area contributed by atoms with E-state index in [2.05, 4.69) is 5.32 Å². The van der Waals surface area contributed by atoms with Crippen molar-refractivity contribution in [2.75, 3.05) is 33.0 Å². The predicted molar refractivity (Wildman–Crippen MR) is 203 cm³/mol. The first-order chi connectivity index (χ1) is 31.2. The van der Waals surface area contributed by atoms with E-state index in [1.165, 1.54) is 13.0 Å². The molecule has 0 aromatic heterocycles. The molecule has 66 heavy (non-hydrogen) atoms. The van der Waals surface area contributed by atoms with E-state index in [0.717, 1.165) is 0 Å². The highest BCUT2D eigenvalue weighted by atomic mass is 16.8. The van der Waals surface area contributed by atoms with E-state index < -0.39 is 211 Å². The van der Waals surface area contributed by atoms with Crippen LogP contribution in [0.3, 0.4) is 0 Å². The Morgan fingerprint density at radius 3 is 1.32 bits per heavy atom. The van der Waals surface area contributed by atoms with Crippen molar-refractivity contribution < 1.29 is 140 Å². The molecule has 6 aliphatic rings. The first-order valence-corrected chi connectivity index (χ1v) is 21.2. The Kier molecular flexibility index (Phi) is 18.6. The molecule has 5 aliphatic heterocycles. The first kappa shape index (κ1) is 53.9. The van der Waals surface area contributed by atoms with Crippen LogP contribution >= 0.6 is 0 Å². The summed E-state index contributed by atoms with van der Waals surface area (Å²) in [6.45, 7) is -2.92. The smallest absolute Gasteiger partial charge is 0.187 e. The van der Waals surface area contributed by atoms with E-state index in [1.54, 1.807) is 0 Å². The summed E-state index contributed by atoms with van der Waals surface area (Å²) in [6, 6.07) is -2.55. The maximum absolute atomic E-state index is 11.3. The van der Waals surface area contributed by atoms with Gasteiger partial charge in [0.1, 0.15) is 128 Å². The van der Waals surface area contributed by atoms with Gasteiger partial charge in [-0.15, -0.1) is 0 Å². The summed E-state index contributed by atoms with van der Waals surface area (Å²) in [5.41, 5.74) is -0.0801. The van der Waals surface area contributed by atoms with Crippen LogP contribution in [0.5, 0.6) is 0 Å². The molecule has 5 fully saturated rings. The number of hydrogen-bond acceptors (Lipinski definition) is 29. The number of hydrogen-bond donors (Lipinski definition) is 20. The van der Waals surface area contributed by atoms with Crippen LogP contribution in [-0.4, -0.2) is 308 Å². The predicted octanol–water partition coefficient (Wildman–Crippen LogP) is -12.9. The summed E-state index contributed by atoms with van der Waals surface area (Å²) in [7, 11) is 0. The highest BCUT2D eigenvalue weighted by Crippen LogP contribution is 2.35. The molecule has 29 atom stereocenters. The molecule has 384 valence electrons. The fourth-order valence-electron chi connectivity index (χ4n) is 8.78. The van der Waals surface area contributed by atoms with Crippen LogP contribution < -0.4 is 5.32 Å². The summed E-state index contributed by atoms with van der Waals surface area (Å²) in [6.07, 6.45) is -46.8. The summed E-state index contributed by atoms with van der Waals surface area (Å²) < 4.78 is 49.9. The monoisotopic (exact) mass is 969 g/mol. The molecule has 20 N–H and O–H groups in total. The van der Waals surface area contributed by atoms with Crippen molar-refractivity contribution in [1.29, 1.82) is 0 Å². The molecule has 0 bridgehead atoms. The quantitative estimate of drug-likeness (QED) is 0.0678. The van der Waals surface area contributed by atoms with Crippen LogP contribution in [0.15, 0.2) is 11.6 Å². The maximum Gasteiger partial charge on any atom is 0.187 e. The van der Waals surface area contributed by atoms with Gasteiger partial charge in [-0.2, -0.15) is 0 Å². The minimum absolute atomic E-state index is 0.0801. The van der Waals surface area contributed by atoms with Crippen molar-refractivity contribution in [2.24, 2.45) is 0 Å². The Bertz CT molecular complexity index is 1550. The van der Waals surface area contributed by atoms with Crippen LogP contribution in [0.2, 0.25) is 0 Å².